The Hall–Kier alpha value is -2.02. The third-order valence-corrected chi connectivity index (χ3v) is 3.41. The molecule has 0 saturated carbocycles. The zero-order valence-electron chi connectivity index (χ0n) is 11.4. The molecule has 20 heavy (non-hydrogen) atoms. The molecule has 1 aliphatic heterocycles. The minimum Gasteiger partial charge on any atom is -0.480 e. The highest BCUT2D eigenvalue weighted by atomic mass is 16.5. The number of methoxy groups -OCH3 is 1. The fraction of sp³-hybridized carbons (Fsp3) is 0.538. The van der Waals surface area contributed by atoms with Crippen LogP contribution in [0.5, 0.6) is 5.88 Å². The first-order valence-corrected chi connectivity index (χ1v) is 6.76. The number of nitrogens with zero attached hydrogens (tertiary/aromatic N) is 4. The van der Waals surface area contributed by atoms with Crippen LogP contribution in [0, 0.1) is 5.92 Å². The number of nitrogens with one attached hydrogen (secondary N) is 1. The van der Waals surface area contributed by atoms with Gasteiger partial charge >= 0.3 is 0 Å². The van der Waals surface area contributed by atoms with Crippen LogP contribution >= 0.6 is 0 Å². The van der Waals surface area contributed by atoms with Crippen molar-refractivity contribution >= 4 is 0 Å². The van der Waals surface area contributed by atoms with Crippen LogP contribution in [-0.2, 0) is 6.42 Å². The maximum Gasteiger partial charge on any atom is 0.233 e. The van der Waals surface area contributed by atoms with Crippen LogP contribution < -0.4 is 10.1 Å². The molecule has 0 radical (unpaired) electrons. The van der Waals surface area contributed by atoms with Crippen LogP contribution in [0.25, 0.3) is 11.5 Å². The molecule has 0 aromatic carbocycles. The van der Waals surface area contributed by atoms with E-state index in [0.29, 0.717) is 29.2 Å². The summed E-state index contributed by atoms with van der Waals surface area (Å²) < 4.78 is 10.3. The molecule has 0 amide bonds. The summed E-state index contributed by atoms with van der Waals surface area (Å²) in [6.07, 6.45) is 3.21. The van der Waals surface area contributed by atoms with Gasteiger partial charge in [0.05, 0.1) is 7.11 Å². The molecular formula is C13H17N5O2. The van der Waals surface area contributed by atoms with Crippen molar-refractivity contribution in [1.82, 2.24) is 25.7 Å². The van der Waals surface area contributed by atoms with Crippen molar-refractivity contribution in [3.63, 3.8) is 0 Å². The number of hydrogen-bond acceptors (Lipinski definition) is 7. The van der Waals surface area contributed by atoms with E-state index in [0.717, 1.165) is 19.5 Å². The minimum atomic E-state index is 0.464. The van der Waals surface area contributed by atoms with Crippen LogP contribution in [0.4, 0.5) is 0 Å². The van der Waals surface area contributed by atoms with Gasteiger partial charge in [0.1, 0.15) is 5.69 Å². The van der Waals surface area contributed by atoms with Crippen molar-refractivity contribution in [1.29, 1.82) is 0 Å². The van der Waals surface area contributed by atoms with Crippen molar-refractivity contribution in [2.45, 2.75) is 19.3 Å². The summed E-state index contributed by atoms with van der Waals surface area (Å²) in [4.78, 5) is 4.38. The predicted molar refractivity (Wildman–Crippen MR) is 71.2 cm³/mol. The summed E-state index contributed by atoms with van der Waals surface area (Å²) in [5, 5.41) is 15.2. The van der Waals surface area contributed by atoms with E-state index in [1.54, 1.807) is 19.2 Å². The molecule has 0 bridgehead atoms. The second-order valence-corrected chi connectivity index (χ2v) is 4.89. The van der Waals surface area contributed by atoms with Gasteiger partial charge in [-0.2, -0.15) is 4.98 Å². The van der Waals surface area contributed by atoms with Crippen molar-refractivity contribution < 1.29 is 9.26 Å². The highest BCUT2D eigenvalue weighted by molar-refractivity contribution is 5.47. The number of piperidine rings is 1. The maximum absolute atomic E-state index is 5.29. The molecule has 1 N–H and O–H groups in total. The van der Waals surface area contributed by atoms with E-state index in [4.69, 9.17) is 9.26 Å². The second kappa shape index (κ2) is 5.96. The molecule has 0 aliphatic carbocycles. The van der Waals surface area contributed by atoms with E-state index in [1.165, 1.54) is 12.8 Å². The van der Waals surface area contributed by atoms with Gasteiger partial charge in [-0.25, -0.2) is 0 Å². The molecule has 7 nitrogen and oxygen atoms in total. The molecule has 2 aromatic rings. The largest absolute Gasteiger partial charge is 0.480 e. The van der Waals surface area contributed by atoms with Gasteiger partial charge in [0.25, 0.3) is 0 Å². The van der Waals surface area contributed by atoms with Gasteiger partial charge in [-0.3, -0.25) is 0 Å². The zero-order valence-corrected chi connectivity index (χ0v) is 11.4. The summed E-state index contributed by atoms with van der Waals surface area (Å²) in [6, 6.07) is 3.49. The first kappa shape index (κ1) is 13.0. The topological polar surface area (TPSA) is 86.0 Å². The molecule has 1 aliphatic rings. The summed E-state index contributed by atoms with van der Waals surface area (Å²) in [6.45, 7) is 2.12. The normalized spacial score (nSPS) is 18.9. The lowest BCUT2D eigenvalue weighted by atomic mass is 9.96. The minimum absolute atomic E-state index is 0.464. The standard InChI is InChI=1S/C13H17N5O2/c1-19-11-5-4-10(16-17-11)13-15-12(20-18-13)7-9-3-2-6-14-8-9/h4-5,9,14H,2-3,6-8H2,1H3. The molecule has 106 valence electrons. The Labute approximate surface area is 116 Å². The Bertz CT molecular complexity index is 548. The van der Waals surface area contributed by atoms with Gasteiger partial charge in [0.2, 0.25) is 17.6 Å². The SMILES string of the molecule is COc1ccc(-c2noc(CC3CCCNC3)n2)nn1. The number of rotatable bonds is 4. The van der Waals surface area contributed by atoms with E-state index in [9.17, 15) is 0 Å². The van der Waals surface area contributed by atoms with Gasteiger partial charge in [-0.15, -0.1) is 10.2 Å². The fourth-order valence-corrected chi connectivity index (χ4v) is 2.34. The third-order valence-electron chi connectivity index (χ3n) is 3.41. The molecule has 2 aromatic heterocycles. The van der Waals surface area contributed by atoms with Gasteiger partial charge in [-0.1, -0.05) is 5.16 Å². The number of aromatic nitrogens is 4. The predicted octanol–water partition coefficient (Wildman–Crippen LogP) is 1.08. The average Bonchev–Trinajstić information content (AvgIpc) is 2.97. The lowest BCUT2D eigenvalue weighted by Gasteiger charge is -2.20. The quantitative estimate of drug-likeness (QED) is 0.893. The molecule has 1 saturated heterocycles. The summed E-state index contributed by atoms with van der Waals surface area (Å²) in [7, 11) is 1.55. The van der Waals surface area contributed by atoms with E-state index < -0.39 is 0 Å². The molecule has 7 heteroatoms. The summed E-state index contributed by atoms with van der Waals surface area (Å²) in [5.74, 6) is 2.16. The van der Waals surface area contributed by atoms with Crippen LogP contribution in [0.3, 0.4) is 0 Å². The lowest BCUT2D eigenvalue weighted by molar-refractivity contribution is 0.316. The number of ether oxygens (including phenoxy) is 1. The highest BCUT2D eigenvalue weighted by Crippen LogP contribution is 2.18. The zero-order chi connectivity index (χ0) is 13.8. The fourth-order valence-electron chi connectivity index (χ4n) is 2.34. The molecule has 1 atom stereocenters. The van der Waals surface area contributed by atoms with Gasteiger partial charge < -0.3 is 14.6 Å². The maximum atomic E-state index is 5.29. The molecule has 1 fully saturated rings. The molecule has 3 heterocycles. The molecule has 3 rings (SSSR count). The molecule has 0 spiro atoms. The Balaban J connectivity index is 1.68. The number of hydrogen-bond donors (Lipinski definition) is 1. The highest BCUT2D eigenvalue weighted by Gasteiger charge is 2.18. The van der Waals surface area contributed by atoms with E-state index in [1.807, 2.05) is 0 Å². The monoisotopic (exact) mass is 275 g/mol. The Morgan fingerprint density at radius 3 is 3.05 bits per heavy atom. The molecular weight excluding hydrogens is 258 g/mol. The summed E-state index contributed by atoms with van der Waals surface area (Å²) >= 11 is 0. The van der Waals surface area contributed by atoms with Crippen molar-refractivity contribution in [2.24, 2.45) is 5.92 Å². The molecule has 1 unspecified atom stereocenters. The van der Waals surface area contributed by atoms with Gasteiger partial charge in [-0.05, 0) is 37.9 Å². The van der Waals surface area contributed by atoms with E-state index in [-0.39, 0.29) is 0 Å². The van der Waals surface area contributed by atoms with Crippen molar-refractivity contribution in [3.8, 4) is 17.4 Å². The smallest absolute Gasteiger partial charge is 0.233 e. The third kappa shape index (κ3) is 2.93. The summed E-state index contributed by atoms with van der Waals surface area (Å²) in [5.41, 5.74) is 0.586. The average molecular weight is 275 g/mol. The first-order valence-electron chi connectivity index (χ1n) is 6.76. The van der Waals surface area contributed by atoms with Crippen LogP contribution in [-0.4, -0.2) is 40.5 Å². The van der Waals surface area contributed by atoms with Crippen LogP contribution in [0.15, 0.2) is 16.7 Å². The van der Waals surface area contributed by atoms with Crippen molar-refractivity contribution in [2.75, 3.05) is 20.2 Å². The van der Waals surface area contributed by atoms with E-state index >= 15 is 0 Å². The van der Waals surface area contributed by atoms with Crippen LogP contribution in [0.1, 0.15) is 18.7 Å². The van der Waals surface area contributed by atoms with E-state index in [2.05, 4.69) is 25.7 Å². The van der Waals surface area contributed by atoms with Gasteiger partial charge in [0, 0.05) is 12.5 Å². The first-order chi connectivity index (χ1) is 9.85. The van der Waals surface area contributed by atoms with Crippen LogP contribution in [0.2, 0.25) is 0 Å². The Morgan fingerprint density at radius 1 is 1.40 bits per heavy atom. The lowest BCUT2D eigenvalue weighted by Crippen LogP contribution is -2.30. The van der Waals surface area contributed by atoms with Gasteiger partial charge in [0.15, 0.2) is 0 Å². The Kier molecular flexibility index (Phi) is 3.87. The van der Waals surface area contributed by atoms with Crippen molar-refractivity contribution in [3.05, 3.63) is 18.0 Å². The second-order valence-electron chi connectivity index (χ2n) is 4.89. The Morgan fingerprint density at radius 2 is 2.35 bits per heavy atom.